The molecule has 2 heterocycles. The fourth-order valence-electron chi connectivity index (χ4n) is 3.68. The van der Waals surface area contributed by atoms with E-state index in [0.29, 0.717) is 23.8 Å². The Morgan fingerprint density at radius 2 is 1.57 bits per heavy atom. The number of aryl methyl sites for hydroxylation is 1. The van der Waals surface area contributed by atoms with Crippen molar-refractivity contribution >= 4 is 11.7 Å². The van der Waals surface area contributed by atoms with Crippen LogP contribution in [0.2, 0.25) is 0 Å². The highest BCUT2D eigenvalue weighted by Crippen LogP contribution is 2.21. The van der Waals surface area contributed by atoms with Crippen LogP contribution in [0, 0.1) is 18.3 Å². The second-order valence-corrected chi connectivity index (χ2v) is 8.33. The minimum Gasteiger partial charge on any atom is -0.309 e. The van der Waals surface area contributed by atoms with Crippen molar-refractivity contribution in [1.82, 2.24) is 20.3 Å². The molecule has 2 aromatic carbocycles. The molecule has 7 nitrogen and oxygen atoms in total. The zero-order valence-corrected chi connectivity index (χ0v) is 19.6. The molecule has 0 saturated carbocycles. The summed E-state index contributed by atoms with van der Waals surface area (Å²) < 4.78 is 0. The predicted octanol–water partition coefficient (Wildman–Crippen LogP) is 4.79. The number of nitriles is 1. The number of carbonyl (C=O) groups is 1. The van der Waals surface area contributed by atoms with Crippen LogP contribution >= 0.6 is 0 Å². The van der Waals surface area contributed by atoms with Crippen LogP contribution in [-0.4, -0.2) is 27.4 Å². The average molecular weight is 463 g/mol. The topological polar surface area (TPSA) is 104 Å². The van der Waals surface area contributed by atoms with Gasteiger partial charge < -0.3 is 10.6 Å². The number of aromatic nitrogens is 3. The minimum absolute atomic E-state index is 0.149. The van der Waals surface area contributed by atoms with E-state index in [1.807, 2.05) is 67.6 Å². The molecule has 0 bridgehead atoms. The first kappa shape index (κ1) is 23.7. The zero-order chi connectivity index (χ0) is 24.6. The van der Waals surface area contributed by atoms with Crippen LogP contribution in [0.1, 0.15) is 41.4 Å². The summed E-state index contributed by atoms with van der Waals surface area (Å²) >= 11 is 0. The standard InChI is InChI=1S/C28H26N6O/c1-19(22-10-8-21(14-29)9-11-22)15-33-27(23-6-4-3-5-7-23)28(35)34-26-13-12-24(16-32-26)25-17-30-20(2)31-18-25/h3-13,16-19,27,33H,15H2,1-2H3,(H,32,34,35)/t19-,27-/m0/s1. The van der Waals surface area contributed by atoms with Gasteiger partial charge in [0.25, 0.3) is 0 Å². The number of amides is 1. The lowest BCUT2D eigenvalue weighted by Crippen LogP contribution is -2.35. The van der Waals surface area contributed by atoms with E-state index in [0.717, 1.165) is 22.3 Å². The van der Waals surface area contributed by atoms with Gasteiger partial charge in [0.05, 0.1) is 11.6 Å². The van der Waals surface area contributed by atoms with E-state index < -0.39 is 6.04 Å². The summed E-state index contributed by atoms with van der Waals surface area (Å²) in [5, 5.41) is 15.3. The van der Waals surface area contributed by atoms with Gasteiger partial charge in [-0.1, -0.05) is 49.4 Å². The Hall–Kier alpha value is -4.41. The maximum absolute atomic E-state index is 13.3. The molecule has 2 aromatic heterocycles. The van der Waals surface area contributed by atoms with Crippen molar-refractivity contribution in [2.75, 3.05) is 11.9 Å². The third-order valence-corrected chi connectivity index (χ3v) is 5.76. The maximum Gasteiger partial charge on any atom is 0.247 e. The molecule has 0 spiro atoms. The van der Waals surface area contributed by atoms with Gasteiger partial charge in [-0.25, -0.2) is 15.0 Å². The molecule has 7 heteroatoms. The molecule has 2 atom stereocenters. The van der Waals surface area contributed by atoms with E-state index >= 15 is 0 Å². The smallest absolute Gasteiger partial charge is 0.247 e. The van der Waals surface area contributed by atoms with Crippen molar-refractivity contribution in [2.45, 2.75) is 25.8 Å². The summed E-state index contributed by atoms with van der Waals surface area (Å²) in [5.41, 5.74) is 4.33. The predicted molar refractivity (Wildman–Crippen MR) is 135 cm³/mol. The van der Waals surface area contributed by atoms with Gasteiger partial charge in [0.1, 0.15) is 17.7 Å². The number of nitrogens with one attached hydrogen (secondary N) is 2. The number of benzene rings is 2. The molecule has 0 saturated heterocycles. The molecule has 4 aromatic rings. The molecular weight excluding hydrogens is 436 g/mol. The largest absolute Gasteiger partial charge is 0.309 e. The van der Waals surface area contributed by atoms with Gasteiger partial charge in [0.15, 0.2) is 0 Å². The molecule has 35 heavy (non-hydrogen) atoms. The normalized spacial score (nSPS) is 12.4. The van der Waals surface area contributed by atoms with Gasteiger partial charge in [-0.3, -0.25) is 4.79 Å². The molecule has 0 aliphatic rings. The van der Waals surface area contributed by atoms with Crippen molar-refractivity contribution in [3.63, 3.8) is 0 Å². The van der Waals surface area contributed by atoms with Gasteiger partial charge >= 0.3 is 0 Å². The van der Waals surface area contributed by atoms with Crippen LogP contribution in [0.4, 0.5) is 5.82 Å². The zero-order valence-electron chi connectivity index (χ0n) is 19.6. The lowest BCUT2D eigenvalue weighted by atomic mass is 9.98. The van der Waals surface area contributed by atoms with Crippen molar-refractivity contribution in [2.24, 2.45) is 0 Å². The molecule has 0 aliphatic heterocycles. The average Bonchev–Trinajstić information content (AvgIpc) is 2.90. The number of hydrogen-bond acceptors (Lipinski definition) is 6. The second-order valence-electron chi connectivity index (χ2n) is 8.33. The molecular formula is C28H26N6O. The lowest BCUT2D eigenvalue weighted by Gasteiger charge is -2.21. The second kappa shape index (κ2) is 11.1. The quantitative estimate of drug-likeness (QED) is 0.390. The van der Waals surface area contributed by atoms with Gasteiger partial charge in [-0.2, -0.15) is 5.26 Å². The number of rotatable bonds is 8. The van der Waals surface area contributed by atoms with Crippen LogP contribution in [0.3, 0.4) is 0 Å². The fourth-order valence-corrected chi connectivity index (χ4v) is 3.68. The molecule has 1 amide bonds. The Bertz CT molecular complexity index is 1300. The SMILES string of the molecule is Cc1ncc(-c2ccc(NC(=O)[C@@H](NC[C@H](C)c3ccc(C#N)cc3)c3ccccc3)nc2)cn1. The van der Waals surface area contributed by atoms with Crippen LogP contribution in [0.25, 0.3) is 11.1 Å². The third-order valence-electron chi connectivity index (χ3n) is 5.76. The van der Waals surface area contributed by atoms with E-state index in [4.69, 9.17) is 5.26 Å². The Kier molecular flexibility index (Phi) is 7.56. The number of carbonyl (C=O) groups excluding carboxylic acids is 1. The van der Waals surface area contributed by atoms with Crippen LogP contribution in [0.5, 0.6) is 0 Å². The Morgan fingerprint density at radius 3 is 2.20 bits per heavy atom. The van der Waals surface area contributed by atoms with E-state index in [1.165, 1.54) is 0 Å². The summed E-state index contributed by atoms with van der Waals surface area (Å²) in [6, 6.07) is 22.4. The number of pyridine rings is 1. The van der Waals surface area contributed by atoms with Crippen molar-refractivity contribution in [3.8, 4) is 17.2 Å². The molecule has 0 aliphatic carbocycles. The third kappa shape index (κ3) is 6.14. The van der Waals surface area contributed by atoms with Crippen molar-refractivity contribution < 1.29 is 4.79 Å². The highest BCUT2D eigenvalue weighted by atomic mass is 16.2. The number of hydrogen-bond donors (Lipinski definition) is 2. The molecule has 174 valence electrons. The number of anilines is 1. The monoisotopic (exact) mass is 462 g/mol. The summed E-state index contributed by atoms with van der Waals surface area (Å²) in [6.07, 6.45) is 5.20. The first-order valence-corrected chi connectivity index (χ1v) is 11.4. The molecule has 0 unspecified atom stereocenters. The lowest BCUT2D eigenvalue weighted by molar-refractivity contribution is -0.118. The van der Waals surface area contributed by atoms with Gasteiger partial charge in [-0.05, 0) is 48.2 Å². The maximum atomic E-state index is 13.3. The Balaban J connectivity index is 1.46. The first-order valence-electron chi connectivity index (χ1n) is 11.4. The molecule has 0 fully saturated rings. The fraction of sp³-hybridized carbons (Fsp3) is 0.179. The summed E-state index contributed by atoms with van der Waals surface area (Å²) in [6.45, 7) is 4.51. The molecule has 0 radical (unpaired) electrons. The molecule has 2 N–H and O–H groups in total. The van der Waals surface area contributed by atoms with E-state index in [-0.39, 0.29) is 11.8 Å². The summed E-state index contributed by atoms with van der Waals surface area (Å²) in [4.78, 5) is 26.1. The van der Waals surface area contributed by atoms with E-state index in [2.05, 4.69) is 38.6 Å². The van der Waals surface area contributed by atoms with Crippen LogP contribution in [-0.2, 0) is 4.79 Å². The van der Waals surface area contributed by atoms with Gasteiger partial charge in [-0.15, -0.1) is 0 Å². The van der Waals surface area contributed by atoms with Crippen LogP contribution in [0.15, 0.2) is 85.3 Å². The molecule has 4 rings (SSSR count). The van der Waals surface area contributed by atoms with Crippen molar-refractivity contribution in [3.05, 3.63) is 108 Å². The van der Waals surface area contributed by atoms with E-state index in [9.17, 15) is 4.79 Å². The number of nitrogens with zero attached hydrogens (tertiary/aromatic N) is 4. The van der Waals surface area contributed by atoms with Crippen LogP contribution < -0.4 is 10.6 Å². The van der Waals surface area contributed by atoms with Gasteiger partial charge in [0, 0.05) is 36.3 Å². The summed E-state index contributed by atoms with van der Waals surface area (Å²) in [7, 11) is 0. The minimum atomic E-state index is -0.552. The highest BCUT2D eigenvalue weighted by Gasteiger charge is 2.21. The Labute approximate surface area is 204 Å². The first-order chi connectivity index (χ1) is 17.0. The Morgan fingerprint density at radius 1 is 0.886 bits per heavy atom. The highest BCUT2D eigenvalue weighted by molar-refractivity contribution is 5.95. The summed E-state index contributed by atoms with van der Waals surface area (Å²) in [5.74, 6) is 1.13. The van der Waals surface area contributed by atoms with E-state index in [1.54, 1.807) is 24.7 Å². The van der Waals surface area contributed by atoms with Gasteiger partial charge in [0.2, 0.25) is 5.91 Å². The van der Waals surface area contributed by atoms with Crippen molar-refractivity contribution in [1.29, 1.82) is 5.26 Å².